The second kappa shape index (κ2) is 6.35. The summed E-state index contributed by atoms with van der Waals surface area (Å²) in [6.07, 6.45) is 3.91. The van der Waals surface area contributed by atoms with Gasteiger partial charge in [-0.25, -0.2) is 13.1 Å². The molecule has 1 fully saturated rings. The molecule has 1 aliphatic rings. The van der Waals surface area contributed by atoms with Crippen molar-refractivity contribution < 1.29 is 18.3 Å². The van der Waals surface area contributed by atoms with Crippen molar-refractivity contribution in [2.75, 3.05) is 5.75 Å². The molecule has 0 unspecified atom stereocenters. The van der Waals surface area contributed by atoms with Crippen molar-refractivity contribution in [3.63, 3.8) is 0 Å². The molecule has 0 radical (unpaired) electrons. The van der Waals surface area contributed by atoms with E-state index in [1.807, 2.05) is 6.92 Å². The predicted octanol–water partition coefficient (Wildman–Crippen LogP) is 1.35. The van der Waals surface area contributed by atoms with Gasteiger partial charge in [0, 0.05) is 6.04 Å². The number of hydrogen-bond donors (Lipinski definition) is 2. The Labute approximate surface area is 103 Å². The second-order valence-corrected chi connectivity index (χ2v) is 6.55. The van der Waals surface area contributed by atoms with Gasteiger partial charge in [0.1, 0.15) is 0 Å². The second-order valence-electron chi connectivity index (χ2n) is 4.68. The van der Waals surface area contributed by atoms with Crippen LogP contribution in [-0.2, 0) is 14.8 Å². The zero-order chi connectivity index (χ0) is 12.9. The predicted molar refractivity (Wildman–Crippen MR) is 65.2 cm³/mol. The minimum Gasteiger partial charge on any atom is -0.481 e. The first-order chi connectivity index (χ1) is 7.94. The third-order valence-electron chi connectivity index (χ3n) is 3.19. The Bertz CT molecular complexity index is 344. The molecular weight excluding hydrogens is 242 g/mol. The summed E-state index contributed by atoms with van der Waals surface area (Å²) in [7, 11) is -3.18. The van der Waals surface area contributed by atoms with Crippen LogP contribution in [0.25, 0.3) is 0 Å². The summed E-state index contributed by atoms with van der Waals surface area (Å²) in [6.45, 7) is 1.95. The topological polar surface area (TPSA) is 83.5 Å². The van der Waals surface area contributed by atoms with E-state index in [9.17, 15) is 13.2 Å². The summed E-state index contributed by atoms with van der Waals surface area (Å²) in [5.74, 6) is -0.897. The highest BCUT2D eigenvalue weighted by atomic mass is 32.2. The van der Waals surface area contributed by atoms with Crippen LogP contribution in [0.15, 0.2) is 0 Å². The molecule has 0 heterocycles. The number of nitrogens with one attached hydrogen (secondary N) is 1. The van der Waals surface area contributed by atoms with Crippen LogP contribution in [0, 0.1) is 5.92 Å². The van der Waals surface area contributed by atoms with Crippen molar-refractivity contribution in [2.45, 2.75) is 51.5 Å². The molecule has 2 N–H and O–H groups in total. The number of carboxylic acid groups (broad SMARTS) is 1. The first kappa shape index (κ1) is 14.4. The Morgan fingerprint density at radius 2 is 1.88 bits per heavy atom. The van der Waals surface area contributed by atoms with Crippen molar-refractivity contribution >= 4 is 16.0 Å². The Hall–Kier alpha value is -0.620. The van der Waals surface area contributed by atoms with E-state index in [2.05, 4.69) is 4.72 Å². The lowest BCUT2D eigenvalue weighted by Crippen LogP contribution is -2.39. The molecule has 0 aliphatic heterocycles. The minimum atomic E-state index is -3.18. The van der Waals surface area contributed by atoms with Gasteiger partial charge >= 0.3 is 5.97 Å². The molecule has 0 amide bonds. The smallest absolute Gasteiger partial charge is 0.306 e. The van der Waals surface area contributed by atoms with Crippen LogP contribution in [0.4, 0.5) is 0 Å². The number of aliphatic carboxylic acids is 1. The maximum Gasteiger partial charge on any atom is 0.306 e. The number of hydrogen-bond acceptors (Lipinski definition) is 3. The highest BCUT2D eigenvalue weighted by Gasteiger charge is 2.27. The molecule has 0 saturated heterocycles. The summed E-state index contributed by atoms with van der Waals surface area (Å²) in [4.78, 5) is 10.7. The summed E-state index contributed by atoms with van der Waals surface area (Å²) >= 11 is 0. The van der Waals surface area contributed by atoms with E-state index in [0.29, 0.717) is 32.1 Å². The van der Waals surface area contributed by atoms with E-state index in [-0.39, 0.29) is 17.7 Å². The lowest BCUT2D eigenvalue weighted by molar-refractivity contribution is -0.142. The van der Waals surface area contributed by atoms with Gasteiger partial charge in [0.25, 0.3) is 0 Å². The quantitative estimate of drug-likeness (QED) is 0.757. The van der Waals surface area contributed by atoms with E-state index in [1.165, 1.54) is 0 Å². The number of sulfonamides is 1. The number of carboxylic acids is 1. The van der Waals surface area contributed by atoms with Gasteiger partial charge < -0.3 is 5.11 Å². The maximum absolute atomic E-state index is 11.6. The average molecular weight is 263 g/mol. The van der Waals surface area contributed by atoms with Crippen LogP contribution in [0.5, 0.6) is 0 Å². The van der Waals surface area contributed by atoms with E-state index < -0.39 is 16.0 Å². The van der Waals surface area contributed by atoms with Crippen molar-refractivity contribution in [1.29, 1.82) is 0 Å². The molecule has 0 spiro atoms. The molecule has 1 rings (SSSR count). The third kappa shape index (κ3) is 5.04. The minimum absolute atomic E-state index is 0.0764. The lowest BCUT2D eigenvalue weighted by Gasteiger charge is -2.26. The summed E-state index contributed by atoms with van der Waals surface area (Å²) in [5.41, 5.74) is 0. The molecule has 0 aromatic heterocycles. The molecule has 1 aliphatic carbocycles. The normalized spacial score (nSPS) is 25.7. The third-order valence-corrected chi connectivity index (χ3v) is 4.71. The van der Waals surface area contributed by atoms with Gasteiger partial charge in [0.2, 0.25) is 10.0 Å². The van der Waals surface area contributed by atoms with Gasteiger partial charge in [-0.15, -0.1) is 0 Å². The van der Waals surface area contributed by atoms with Crippen LogP contribution in [-0.4, -0.2) is 31.3 Å². The fraction of sp³-hybridized carbons (Fsp3) is 0.909. The Balaban J connectivity index is 2.37. The highest BCUT2D eigenvalue weighted by molar-refractivity contribution is 7.89. The molecule has 0 atom stereocenters. The molecule has 0 bridgehead atoms. The van der Waals surface area contributed by atoms with Crippen LogP contribution in [0.1, 0.15) is 45.4 Å². The Morgan fingerprint density at radius 1 is 1.29 bits per heavy atom. The fourth-order valence-corrected chi connectivity index (χ4v) is 3.64. The summed E-state index contributed by atoms with van der Waals surface area (Å²) in [5, 5.41) is 8.83. The van der Waals surface area contributed by atoms with Gasteiger partial charge in [0.15, 0.2) is 0 Å². The van der Waals surface area contributed by atoms with E-state index >= 15 is 0 Å². The largest absolute Gasteiger partial charge is 0.481 e. The molecule has 100 valence electrons. The number of unbranched alkanes of at least 4 members (excludes halogenated alkanes) is 1. The van der Waals surface area contributed by atoms with E-state index in [0.717, 1.165) is 6.42 Å². The van der Waals surface area contributed by atoms with Crippen LogP contribution < -0.4 is 4.72 Å². The molecule has 1 saturated carbocycles. The van der Waals surface area contributed by atoms with Gasteiger partial charge in [-0.05, 0) is 32.1 Å². The van der Waals surface area contributed by atoms with Crippen LogP contribution in [0.2, 0.25) is 0 Å². The molecule has 0 aromatic carbocycles. The SMILES string of the molecule is CCCCS(=O)(=O)NC1CCC(C(=O)O)CC1. The molecular formula is C11H21NO4S. The van der Waals surface area contributed by atoms with Crippen molar-refractivity contribution in [1.82, 2.24) is 4.72 Å². The monoisotopic (exact) mass is 263 g/mol. The highest BCUT2D eigenvalue weighted by Crippen LogP contribution is 2.24. The van der Waals surface area contributed by atoms with E-state index in [4.69, 9.17) is 5.11 Å². The first-order valence-electron chi connectivity index (χ1n) is 6.17. The van der Waals surface area contributed by atoms with Crippen molar-refractivity contribution in [2.24, 2.45) is 5.92 Å². The molecule has 0 aromatic rings. The summed E-state index contributed by atoms with van der Waals surface area (Å²) in [6, 6.07) is -0.0764. The van der Waals surface area contributed by atoms with Crippen molar-refractivity contribution in [3.05, 3.63) is 0 Å². The van der Waals surface area contributed by atoms with Gasteiger partial charge in [-0.2, -0.15) is 0 Å². The lowest BCUT2D eigenvalue weighted by atomic mass is 9.87. The van der Waals surface area contributed by atoms with Gasteiger partial charge in [-0.1, -0.05) is 13.3 Å². The maximum atomic E-state index is 11.6. The van der Waals surface area contributed by atoms with Gasteiger partial charge in [0.05, 0.1) is 11.7 Å². The summed E-state index contributed by atoms with van der Waals surface area (Å²) < 4.78 is 26.0. The average Bonchev–Trinajstić information content (AvgIpc) is 2.26. The standard InChI is InChI=1S/C11H21NO4S/c1-2-3-8-17(15,16)12-10-6-4-9(5-7-10)11(13)14/h9-10,12H,2-8H2,1H3,(H,13,14). The number of rotatable bonds is 6. The Kier molecular flexibility index (Phi) is 5.39. The first-order valence-corrected chi connectivity index (χ1v) is 7.82. The van der Waals surface area contributed by atoms with E-state index in [1.54, 1.807) is 0 Å². The molecule has 17 heavy (non-hydrogen) atoms. The zero-order valence-corrected chi connectivity index (χ0v) is 11.0. The fourth-order valence-electron chi connectivity index (χ4n) is 2.11. The van der Waals surface area contributed by atoms with Crippen LogP contribution in [0.3, 0.4) is 0 Å². The van der Waals surface area contributed by atoms with Crippen LogP contribution >= 0.6 is 0 Å². The number of carbonyl (C=O) groups is 1. The molecule has 6 heteroatoms. The van der Waals surface area contributed by atoms with Gasteiger partial charge in [-0.3, -0.25) is 4.79 Å². The zero-order valence-electron chi connectivity index (χ0n) is 10.2. The Morgan fingerprint density at radius 3 is 2.35 bits per heavy atom. The van der Waals surface area contributed by atoms with Crippen molar-refractivity contribution in [3.8, 4) is 0 Å². The molecule has 5 nitrogen and oxygen atoms in total.